The summed E-state index contributed by atoms with van der Waals surface area (Å²) < 4.78 is 27.2. The maximum atomic E-state index is 13.5. The SMILES string of the molecule is O=C(c1ccc(Cl)c(Cl)c1)N(C(=O)N1CCN(c2ccccc2)CC1)S(=O)(=O)c1ccccc1. The molecule has 3 amide bonds. The van der Waals surface area contributed by atoms with Crippen molar-refractivity contribution in [2.24, 2.45) is 0 Å². The molecule has 1 aliphatic rings. The normalized spacial score (nSPS) is 14.1. The van der Waals surface area contributed by atoms with Gasteiger partial charge in [-0.15, -0.1) is 4.31 Å². The Bertz CT molecular complexity index is 1300. The molecule has 0 bridgehead atoms. The van der Waals surface area contributed by atoms with Crippen LogP contribution in [0.3, 0.4) is 0 Å². The van der Waals surface area contributed by atoms with E-state index in [2.05, 4.69) is 4.90 Å². The quantitative estimate of drug-likeness (QED) is 0.498. The van der Waals surface area contributed by atoms with E-state index in [1.807, 2.05) is 30.3 Å². The summed E-state index contributed by atoms with van der Waals surface area (Å²) in [5.41, 5.74) is 0.945. The molecule has 0 aliphatic carbocycles. The summed E-state index contributed by atoms with van der Waals surface area (Å²) in [6.07, 6.45) is 0. The van der Waals surface area contributed by atoms with Crippen LogP contribution in [0.2, 0.25) is 10.0 Å². The van der Waals surface area contributed by atoms with Gasteiger partial charge in [-0.1, -0.05) is 59.6 Å². The van der Waals surface area contributed by atoms with Crippen LogP contribution in [0.15, 0.2) is 83.8 Å². The van der Waals surface area contributed by atoms with Crippen molar-refractivity contribution in [2.75, 3.05) is 31.1 Å². The van der Waals surface area contributed by atoms with Gasteiger partial charge >= 0.3 is 6.03 Å². The molecule has 0 saturated carbocycles. The van der Waals surface area contributed by atoms with Gasteiger partial charge in [0.1, 0.15) is 0 Å². The molecule has 176 valence electrons. The van der Waals surface area contributed by atoms with Gasteiger partial charge in [-0.25, -0.2) is 13.2 Å². The Morgan fingerprint density at radius 1 is 0.765 bits per heavy atom. The lowest BCUT2D eigenvalue weighted by Crippen LogP contribution is -2.55. The second kappa shape index (κ2) is 10.0. The van der Waals surface area contributed by atoms with Crippen molar-refractivity contribution in [3.63, 3.8) is 0 Å². The smallest absolute Gasteiger partial charge is 0.341 e. The van der Waals surface area contributed by atoms with E-state index in [1.54, 1.807) is 6.07 Å². The van der Waals surface area contributed by atoms with E-state index >= 15 is 0 Å². The molecule has 4 rings (SSSR count). The summed E-state index contributed by atoms with van der Waals surface area (Å²) in [5.74, 6) is -1.00. The molecule has 0 radical (unpaired) electrons. The lowest BCUT2D eigenvalue weighted by molar-refractivity contribution is 0.0858. The van der Waals surface area contributed by atoms with Crippen molar-refractivity contribution in [3.8, 4) is 0 Å². The molecule has 0 N–H and O–H groups in total. The monoisotopic (exact) mass is 517 g/mol. The van der Waals surface area contributed by atoms with Crippen LogP contribution in [0.4, 0.5) is 10.5 Å². The minimum absolute atomic E-state index is 0.0647. The standard InChI is InChI=1S/C24H21Cl2N3O4S/c25-21-12-11-18(17-22(21)26)23(30)29(34(32,33)20-9-5-2-6-10-20)24(31)28-15-13-27(14-16-28)19-7-3-1-4-8-19/h1-12,17H,13-16H2. The Kier molecular flexibility index (Phi) is 7.11. The molecule has 1 aliphatic heterocycles. The average molecular weight is 518 g/mol. The van der Waals surface area contributed by atoms with Gasteiger partial charge < -0.3 is 9.80 Å². The van der Waals surface area contributed by atoms with Crippen LogP contribution in [-0.4, -0.2) is 55.7 Å². The van der Waals surface area contributed by atoms with E-state index in [0.717, 1.165) is 5.69 Å². The van der Waals surface area contributed by atoms with Gasteiger partial charge in [-0.05, 0) is 42.5 Å². The van der Waals surface area contributed by atoms with Crippen LogP contribution in [0, 0.1) is 0 Å². The molecular formula is C24H21Cl2N3O4S. The number of piperazine rings is 1. The Hall–Kier alpha value is -3.07. The molecule has 1 heterocycles. The molecule has 1 saturated heterocycles. The van der Waals surface area contributed by atoms with Crippen molar-refractivity contribution in [1.29, 1.82) is 0 Å². The summed E-state index contributed by atoms with van der Waals surface area (Å²) in [6.45, 7) is 1.50. The molecule has 7 nitrogen and oxygen atoms in total. The minimum atomic E-state index is -4.48. The third kappa shape index (κ3) is 4.89. The second-order valence-corrected chi connectivity index (χ2v) is 10.2. The van der Waals surface area contributed by atoms with E-state index in [1.165, 1.54) is 47.4 Å². The molecule has 34 heavy (non-hydrogen) atoms. The van der Waals surface area contributed by atoms with Crippen LogP contribution in [0.1, 0.15) is 10.4 Å². The number of imide groups is 1. The van der Waals surface area contributed by atoms with E-state index < -0.39 is 22.0 Å². The zero-order chi connectivity index (χ0) is 24.3. The predicted octanol–water partition coefficient (Wildman–Crippen LogP) is 4.77. The third-order valence-electron chi connectivity index (χ3n) is 5.48. The molecule has 0 atom stereocenters. The number of carbonyl (C=O) groups is 2. The summed E-state index contributed by atoms with van der Waals surface area (Å²) >= 11 is 12.0. The largest absolute Gasteiger partial charge is 0.368 e. The van der Waals surface area contributed by atoms with Gasteiger partial charge in [0.2, 0.25) is 0 Å². The van der Waals surface area contributed by atoms with Gasteiger partial charge in [-0.3, -0.25) is 4.79 Å². The zero-order valence-electron chi connectivity index (χ0n) is 18.0. The number of hydrogen-bond acceptors (Lipinski definition) is 5. The summed E-state index contributed by atoms with van der Waals surface area (Å²) in [6, 6.07) is 20.2. The molecule has 0 aromatic heterocycles. The highest BCUT2D eigenvalue weighted by atomic mass is 35.5. The summed E-state index contributed by atoms with van der Waals surface area (Å²) in [5, 5.41) is 0.285. The number of rotatable bonds is 4. The Morgan fingerprint density at radius 2 is 1.35 bits per heavy atom. The number of amides is 3. The van der Waals surface area contributed by atoms with Crippen molar-refractivity contribution >= 4 is 50.9 Å². The van der Waals surface area contributed by atoms with Crippen LogP contribution in [0.5, 0.6) is 0 Å². The highest BCUT2D eigenvalue weighted by Crippen LogP contribution is 2.26. The van der Waals surface area contributed by atoms with Crippen LogP contribution >= 0.6 is 23.2 Å². The fourth-order valence-corrected chi connectivity index (χ4v) is 5.32. The van der Waals surface area contributed by atoms with Crippen molar-refractivity contribution in [2.45, 2.75) is 4.90 Å². The lowest BCUT2D eigenvalue weighted by Gasteiger charge is -2.37. The number of carbonyl (C=O) groups excluding carboxylic acids is 2. The Labute approximate surface area is 208 Å². The van der Waals surface area contributed by atoms with Crippen molar-refractivity contribution in [1.82, 2.24) is 9.21 Å². The highest BCUT2D eigenvalue weighted by molar-refractivity contribution is 7.90. The first kappa shape index (κ1) is 24.1. The summed E-state index contributed by atoms with van der Waals surface area (Å²) in [4.78, 5) is 30.2. The average Bonchev–Trinajstić information content (AvgIpc) is 2.86. The summed E-state index contributed by atoms with van der Waals surface area (Å²) in [7, 11) is -4.48. The van der Waals surface area contributed by atoms with E-state index in [4.69, 9.17) is 23.2 Å². The van der Waals surface area contributed by atoms with Gasteiger partial charge in [0.05, 0.1) is 14.9 Å². The first-order valence-electron chi connectivity index (χ1n) is 10.5. The van der Waals surface area contributed by atoms with Crippen LogP contribution in [-0.2, 0) is 10.0 Å². The number of para-hydroxylation sites is 1. The lowest BCUT2D eigenvalue weighted by atomic mass is 10.2. The minimum Gasteiger partial charge on any atom is -0.368 e. The van der Waals surface area contributed by atoms with Crippen LogP contribution in [0.25, 0.3) is 0 Å². The second-order valence-electron chi connectivity index (χ2n) is 7.61. The first-order chi connectivity index (χ1) is 16.3. The fraction of sp³-hybridized carbons (Fsp3) is 0.167. The number of hydrogen-bond donors (Lipinski definition) is 0. The number of nitrogens with zero attached hydrogens (tertiary/aromatic N) is 3. The number of anilines is 1. The molecule has 3 aromatic rings. The molecular weight excluding hydrogens is 497 g/mol. The number of halogens is 2. The Balaban J connectivity index is 1.65. The van der Waals surface area contributed by atoms with E-state index in [9.17, 15) is 18.0 Å². The van der Waals surface area contributed by atoms with E-state index in [-0.39, 0.29) is 33.6 Å². The van der Waals surface area contributed by atoms with Gasteiger partial charge in [0, 0.05) is 37.4 Å². The maximum absolute atomic E-state index is 13.5. The van der Waals surface area contributed by atoms with Crippen molar-refractivity contribution < 1.29 is 18.0 Å². The predicted molar refractivity (Wildman–Crippen MR) is 132 cm³/mol. The zero-order valence-corrected chi connectivity index (χ0v) is 20.3. The van der Waals surface area contributed by atoms with Crippen LogP contribution < -0.4 is 4.90 Å². The van der Waals surface area contributed by atoms with E-state index in [0.29, 0.717) is 17.4 Å². The number of urea groups is 1. The van der Waals surface area contributed by atoms with Gasteiger partial charge in [-0.2, -0.15) is 0 Å². The first-order valence-corrected chi connectivity index (χ1v) is 12.7. The number of benzene rings is 3. The molecule has 10 heteroatoms. The topological polar surface area (TPSA) is 78.0 Å². The molecule has 1 fully saturated rings. The van der Waals surface area contributed by atoms with Crippen molar-refractivity contribution in [3.05, 3.63) is 94.5 Å². The molecule has 0 spiro atoms. The molecule has 3 aromatic carbocycles. The maximum Gasteiger partial charge on any atom is 0.341 e. The Morgan fingerprint density at radius 3 is 1.94 bits per heavy atom. The van der Waals surface area contributed by atoms with Gasteiger partial charge in [0.25, 0.3) is 15.9 Å². The third-order valence-corrected chi connectivity index (χ3v) is 7.89. The molecule has 0 unspecified atom stereocenters. The fourth-order valence-electron chi connectivity index (χ4n) is 3.67. The highest BCUT2D eigenvalue weighted by Gasteiger charge is 2.39. The number of sulfonamides is 1. The van der Waals surface area contributed by atoms with Gasteiger partial charge in [0.15, 0.2) is 0 Å².